The van der Waals surface area contributed by atoms with Gasteiger partial charge >= 0.3 is 0 Å². The second kappa shape index (κ2) is 7.06. The molecular formula is C18H23N3O2. The lowest BCUT2D eigenvalue weighted by atomic mass is 10.0. The van der Waals surface area contributed by atoms with Crippen LogP contribution in [0.5, 0.6) is 0 Å². The standard InChI is InChI=1S/C18H23N3O2/c1-13-3-4-17-15(11-13)16(12-14(2)20-17)18(22)19-5-6-21-7-9-23-10-8-21/h3-4,11-12H,5-10H2,1-2H3,(H,19,22). The van der Waals surface area contributed by atoms with Crippen LogP contribution in [-0.2, 0) is 4.74 Å². The van der Waals surface area contributed by atoms with Crippen LogP contribution in [0.2, 0.25) is 0 Å². The first-order valence-electron chi connectivity index (χ1n) is 8.10. The third-order valence-electron chi connectivity index (χ3n) is 4.15. The molecule has 23 heavy (non-hydrogen) atoms. The molecule has 2 heterocycles. The smallest absolute Gasteiger partial charge is 0.252 e. The summed E-state index contributed by atoms with van der Waals surface area (Å²) in [5.41, 5.74) is 3.57. The number of amides is 1. The molecule has 0 radical (unpaired) electrons. The molecule has 0 bridgehead atoms. The van der Waals surface area contributed by atoms with E-state index < -0.39 is 0 Å². The Morgan fingerprint density at radius 2 is 2.04 bits per heavy atom. The van der Waals surface area contributed by atoms with Crippen molar-refractivity contribution in [2.24, 2.45) is 0 Å². The zero-order chi connectivity index (χ0) is 16.2. The van der Waals surface area contributed by atoms with E-state index in [9.17, 15) is 4.79 Å². The monoisotopic (exact) mass is 313 g/mol. The summed E-state index contributed by atoms with van der Waals surface area (Å²) in [7, 11) is 0. The van der Waals surface area contributed by atoms with E-state index in [2.05, 4.69) is 15.2 Å². The molecule has 1 N–H and O–H groups in total. The third-order valence-corrected chi connectivity index (χ3v) is 4.15. The van der Waals surface area contributed by atoms with E-state index in [1.807, 2.05) is 38.1 Å². The number of aryl methyl sites for hydroxylation is 2. The predicted octanol–water partition coefficient (Wildman–Crippen LogP) is 1.91. The number of pyridine rings is 1. The molecule has 1 fully saturated rings. The van der Waals surface area contributed by atoms with Crippen LogP contribution in [0.15, 0.2) is 24.3 Å². The minimum Gasteiger partial charge on any atom is -0.379 e. The van der Waals surface area contributed by atoms with Crippen LogP contribution in [0.3, 0.4) is 0 Å². The second-order valence-corrected chi connectivity index (χ2v) is 6.04. The maximum absolute atomic E-state index is 12.6. The van der Waals surface area contributed by atoms with Gasteiger partial charge in [0, 0.05) is 37.3 Å². The lowest BCUT2D eigenvalue weighted by Gasteiger charge is -2.26. The molecule has 0 saturated carbocycles. The Bertz CT molecular complexity index is 709. The van der Waals surface area contributed by atoms with Crippen LogP contribution in [-0.4, -0.2) is 55.2 Å². The fraction of sp³-hybridized carbons (Fsp3) is 0.444. The van der Waals surface area contributed by atoms with Gasteiger partial charge in [0.05, 0.1) is 24.3 Å². The van der Waals surface area contributed by atoms with E-state index in [1.165, 1.54) is 0 Å². The SMILES string of the molecule is Cc1ccc2nc(C)cc(C(=O)NCCN3CCOCC3)c2c1. The van der Waals surface area contributed by atoms with Crippen molar-refractivity contribution in [3.8, 4) is 0 Å². The average molecular weight is 313 g/mol. The van der Waals surface area contributed by atoms with E-state index in [0.717, 1.165) is 55.0 Å². The fourth-order valence-corrected chi connectivity index (χ4v) is 2.91. The van der Waals surface area contributed by atoms with Crippen LogP contribution in [0, 0.1) is 13.8 Å². The largest absolute Gasteiger partial charge is 0.379 e. The number of aromatic nitrogens is 1. The third kappa shape index (κ3) is 3.86. The van der Waals surface area contributed by atoms with Gasteiger partial charge in [0.15, 0.2) is 0 Å². The molecular weight excluding hydrogens is 290 g/mol. The summed E-state index contributed by atoms with van der Waals surface area (Å²) in [6.07, 6.45) is 0. The van der Waals surface area contributed by atoms with E-state index in [4.69, 9.17) is 4.74 Å². The zero-order valence-corrected chi connectivity index (χ0v) is 13.8. The first-order valence-corrected chi connectivity index (χ1v) is 8.10. The molecule has 122 valence electrons. The number of carbonyl (C=O) groups excluding carboxylic acids is 1. The highest BCUT2D eigenvalue weighted by Gasteiger charge is 2.14. The van der Waals surface area contributed by atoms with Crippen molar-refractivity contribution < 1.29 is 9.53 Å². The highest BCUT2D eigenvalue weighted by molar-refractivity contribution is 6.06. The molecule has 1 aromatic heterocycles. The lowest BCUT2D eigenvalue weighted by Crippen LogP contribution is -2.41. The number of ether oxygens (including phenoxy) is 1. The minimum atomic E-state index is -0.0284. The van der Waals surface area contributed by atoms with Crippen LogP contribution >= 0.6 is 0 Å². The summed E-state index contributed by atoms with van der Waals surface area (Å²) in [6, 6.07) is 7.89. The topological polar surface area (TPSA) is 54.5 Å². The summed E-state index contributed by atoms with van der Waals surface area (Å²) < 4.78 is 5.33. The quantitative estimate of drug-likeness (QED) is 0.937. The molecule has 2 aromatic rings. The first-order chi connectivity index (χ1) is 11.1. The van der Waals surface area contributed by atoms with Crippen LogP contribution in [0.25, 0.3) is 10.9 Å². The number of hydrogen-bond donors (Lipinski definition) is 1. The Morgan fingerprint density at radius 1 is 1.26 bits per heavy atom. The Kier molecular flexibility index (Phi) is 4.88. The van der Waals surface area contributed by atoms with Gasteiger partial charge < -0.3 is 10.1 Å². The number of morpholine rings is 1. The van der Waals surface area contributed by atoms with Gasteiger partial charge in [-0.1, -0.05) is 11.6 Å². The normalized spacial score (nSPS) is 15.7. The molecule has 1 saturated heterocycles. The van der Waals surface area contributed by atoms with Crippen LogP contribution in [0.1, 0.15) is 21.6 Å². The van der Waals surface area contributed by atoms with Crippen molar-refractivity contribution in [3.63, 3.8) is 0 Å². The Labute approximate surface area is 136 Å². The molecule has 0 aliphatic carbocycles. The molecule has 0 spiro atoms. The van der Waals surface area contributed by atoms with Crippen molar-refractivity contribution in [3.05, 3.63) is 41.1 Å². The summed E-state index contributed by atoms with van der Waals surface area (Å²) >= 11 is 0. The van der Waals surface area contributed by atoms with Crippen molar-refractivity contribution in [1.82, 2.24) is 15.2 Å². The maximum atomic E-state index is 12.6. The molecule has 1 amide bonds. The van der Waals surface area contributed by atoms with Gasteiger partial charge in [-0.05, 0) is 32.0 Å². The van der Waals surface area contributed by atoms with E-state index in [0.29, 0.717) is 12.1 Å². The van der Waals surface area contributed by atoms with Gasteiger partial charge in [0.25, 0.3) is 5.91 Å². The molecule has 1 aliphatic rings. The molecule has 5 heteroatoms. The summed E-state index contributed by atoms with van der Waals surface area (Å²) in [5.74, 6) is -0.0284. The van der Waals surface area contributed by atoms with Crippen LogP contribution < -0.4 is 5.32 Å². The predicted molar refractivity (Wildman–Crippen MR) is 90.8 cm³/mol. The Morgan fingerprint density at radius 3 is 2.83 bits per heavy atom. The van der Waals surface area contributed by atoms with Crippen LogP contribution in [0.4, 0.5) is 0 Å². The number of carbonyl (C=O) groups is 1. The number of nitrogens with zero attached hydrogens (tertiary/aromatic N) is 2. The first kappa shape index (κ1) is 15.9. The molecule has 0 unspecified atom stereocenters. The molecule has 1 aromatic carbocycles. The number of rotatable bonds is 4. The van der Waals surface area contributed by atoms with Gasteiger partial charge in [0.1, 0.15) is 0 Å². The van der Waals surface area contributed by atoms with Crippen molar-refractivity contribution in [2.45, 2.75) is 13.8 Å². The van der Waals surface area contributed by atoms with Gasteiger partial charge in [0.2, 0.25) is 0 Å². The molecule has 3 rings (SSSR count). The summed E-state index contributed by atoms with van der Waals surface area (Å²) in [5, 5.41) is 3.95. The average Bonchev–Trinajstić information content (AvgIpc) is 2.55. The minimum absolute atomic E-state index is 0.0284. The van der Waals surface area contributed by atoms with Crippen molar-refractivity contribution in [1.29, 1.82) is 0 Å². The van der Waals surface area contributed by atoms with E-state index in [1.54, 1.807) is 0 Å². The Hall–Kier alpha value is -1.98. The number of benzene rings is 1. The summed E-state index contributed by atoms with van der Waals surface area (Å²) in [6.45, 7) is 8.88. The molecule has 5 nitrogen and oxygen atoms in total. The van der Waals surface area contributed by atoms with Gasteiger partial charge in [-0.25, -0.2) is 0 Å². The van der Waals surface area contributed by atoms with Gasteiger partial charge in [-0.3, -0.25) is 14.7 Å². The molecule has 1 aliphatic heterocycles. The number of nitrogens with one attached hydrogen (secondary N) is 1. The Balaban J connectivity index is 1.71. The van der Waals surface area contributed by atoms with Crippen molar-refractivity contribution >= 4 is 16.8 Å². The molecule has 0 atom stereocenters. The second-order valence-electron chi connectivity index (χ2n) is 6.04. The number of fused-ring (bicyclic) bond motifs is 1. The van der Waals surface area contributed by atoms with Gasteiger partial charge in [-0.2, -0.15) is 0 Å². The van der Waals surface area contributed by atoms with E-state index in [-0.39, 0.29) is 5.91 Å². The lowest BCUT2D eigenvalue weighted by molar-refractivity contribution is 0.0383. The van der Waals surface area contributed by atoms with E-state index >= 15 is 0 Å². The fourth-order valence-electron chi connectivity index (χ4n) is 2.91. The zero-order valence-electron chi connectivity index (χ0n) is 13.8. The highest BCUT2D eigenvalue weighted by Crippen LogP contribution is 2.20. The maximum Gasteiger partial charge on any atom is 0.252 e. The summed E-state index contributed by atoms with van der Waals surface area (Å²) in [4.78, 5) is 19.4. The highest BCUT2D eigenvalue weighted by atomic mass is 16.5. The number of hydrogen-bond acceptors (Lipinski definition) is 4. The van der Waals surface area contributed by atoms with Crippen molar-refractivity contribution in [2.75, 3.05) is 39.4 Å². The van der Waals surface area contributed by atoms with Gasteiger partial charge in [-0.15, -0.1) is 0 Å².